The molecule has 4 bridgehead atoms. The molecule has 23 heavy (non-hydrogen) atoms. The van der Waals surface area contributed by atoms with Gasteiger partial charge in [-0.2, -0.15) is 0 Å². The largest absolute Gasteiger partial charge is 0.464 e. The van der Waals surface area contributed by atoms with Gasteiger partial charge in [0, 0.05) is 10.6 Å². The molecular formula is C22H22O. The number of benzene rings is 1. The summed E-state index contributed by atoms with van der Waals surface area (Å²) in [7, 11) is 0. The minimum absolute atomic E-state index is 0.324. The van der Waals surface area contributed by atoms with Crippen LogP contribution in [0.25, 0.3) is 18.2 Å². The fourth-order valence-electron chi connectivity index (χ4n) is 6.50. The molecule has 1 aromatic rings. The molecule has 5 aliphatic carbocycles. The lowest BCUT2D eigenvalue weighted by Crippen LogP contribution is -2.53. The highest BCUT2D eigenvalue weighted by Crippen LogP contribution is 2.64. The highest BCUT2D eigenvalue weighted by Gasteiger charge is 2.55. The van der Waals surface area contributed by atoms with Gasteiger partial charge in [-0.1, -0.05) is 24.3 Å². The van der Waals surface area contributed by atoms with E-state index in [2.05, 4.69) is 36.4 Å². The average Bonchev–Trinajstić information content (AvgIpc) is 2.59. The molecule has 4 fully saturated rings. The van der Waals surface area contributed by atoms with Crippen molar-refractivity contribution in [3.05, 3.63) is 46.5 Å². The minimum Gasteiger partial charge on any atom is -0.464 e. The first kappa shape index (κ1) is 12.6. The second-order valence-corrected chi connectivity index (χ2v) is 8.38. The fraction of sp³-hybridized carbons (Fsp3) is 0.455. The number of ether oxygens (including phenoxy) is 1. The van der Waals surface area contributed by atoms with E-state index in [4.69, 9.17) is 4.74 Å². The summed E-state index contributed by atoms with van der Waals surface area (Å²) in [6.45, 7) is 0. The zero-order chi connectivity index (χ0) is 15.0. The van der Waals surface area contributed by atoms with Crippen LogP contribution in [0.5, 0.6) is 5.75 Å². The summed E-state index contributed by atoms with van der Waals surface area (Å²) in [6.07, 6.45) is 21.0. The zero-order valence-electron chi connectivity index (χ0n) is 13.4. The van der Waals surface area contributed by atoms with E-state index in [1.807, 2.05) is 6.08 Å². The first-order valence-electron chi connectivity index (χ1n) is 9.20. The van der Waals surface area contributed by atoms with E-state index in [1.165, 1.54) is 48.1 Å². The Labute approximate surface area is 137 Å². The Morgan fingerprint density at radius 2 is 1.70 bits per heavy atom. The normalized spacial score (nSPS) is 41.0. The number of hydrogen-bond donors (Lipinski definition) is 0. The highest BCUT2D eigenvalue weighted by atomic mass is 16.5. The molecule has 6 aliphatic rings. The first-order valence-corrected chi connectivity index (χ1v) is 9.20. The minimum atomic E-state index is 0.324. The van der Waals surface area contributed by atoms with E-state index in [1.54, 1.807) is 6.26 Å². The van der Waals surface area contributed by atoms with Gasteiger partial charge >= 0.3 is 0 Å². The third-order valence-electron chi connectivity index (χ3n) is 7.32. The molecule has 1 heterocycles. The second kappa shape index (κ2) is 4.20. The smallest absolute Gasteiger partial charge is 0.134 e. The third-order valence-corrected chi connectivity index (χ3v) is 7.32. The molecule has 1 spiro atoms. The Morgan fingerprint density at radius 1 is 0.913 bits per heavy atom. The van der Waals surface area contributed by atoms with Crippen molar-refractivity contribution in [2.24, 2.45) is 29.1 Å². The van der Waals surface area contributed by atoms with E-state index in [0.29, 0.717) is 5.41 Å². The fourth-order valence-corrected chi connectivity index (χ4v) is 6.50. The van der Waals surface area contributed by atoms with Crippen molar-refractivity contribution in [1.82, 2.24) is 0 Å². The van der Waals surface area contributed by atoms with Gasteiger partial charge in [-0.15, -0.1) is 0 Å². The quantitative estimate of drug-likeness (QED) is 0.711. The molecule has 1 aliphatic heterocycles. The molecule has 0 aromatic heterocycles. The number of rotatable bonds is 0. The Hall–Kier alpha value is -1.76. The number of fused-ring (bicyclic) bond motifs is 3. The van der Waals surface area contributed by atoms with Crippen LogP contribution in [0.2, 0.25) is 0 Å². The average molecular weight is 302 g/mol. The summed E-state index contributed by atoms with van der Waals surface area (Å²) in [5.74, 6) is 4.80. The molecule has 0 radical (unpaired) electrons. The van der Waals surface area contributed by atoms with Crippen LogP contribution in [-0.2, 0) is 0 Å². The molecule has 0 unspecified atom stereocenters. The number of hydrogen-bond acceptors (Lipinski definition) is 1. The lowest BCUT2D eigenvalue weighted by Gasteiger charge is -2.60. The molecule has 0 atom stereocenters. The van der Waals surface area contributed by atoms with Crippen LogP contribution in [0, 0.1) is 29.1 Å². The van der Waals surface area contributed by atoms with E-state index in [0.717, 1.165) is 29.4 Å². The highest BCUT2D eigenvalue weighted by molar-refractivity contribution is 5.65. The van der Waals surface area contributed by atoms with Crippen molar-refractivity contribution in [2.75, 3.05) is 0 Å². The van der Waals surface area contributed by atoms with Crippen LogP contribution in [0.4, 0.5) is 0 Å². The van der Waals surface area contributed by atoms with Crippen LogP contribution in [0.3, 0.4) is 0 Å². The molecule has 1 heteroatoms. The number of allylic oxidation sites excluding steroid dienone is 2. The molecular weight excluding hydrogens is 280 g/mol. The van der Waals surface area contributed by atoms with Crippen molar-refractivity contribution in [1.29, 1.82) is 0 Å². The van der Waals surface area contributed by atoms with Gasteiger partial charge < -0.3 is 4.74 Å². The maximum atomic E-state index is 5.73. The van der Waals surface area contributed by atoms with Crippen LogP contribution in [0.1, 0.15) is 37.7 Å². The summed E-state index contributed by atoms with van der Waals surface area (Å²) < 4.78 is 5.73. The molecule has 0 saturated heterocycles. The predicted molar refractivity (Wildman–Crippen MR) is 92.9 cm³/mol. The van der Waals surface area contributed by atoms with Crippen molar-refractivity contribution in [3.8, 4) is 5.75 Å². The summed E-state index contributed by atoms with van der Waals surface area (Å²) in [6, 6.07) is 4.33. The SMILES string of the molecule is C1=COc2ccc3c(c2=C1)=CC1(C=C3)C2CC3CC(C2)CC1C3. The maximum Gasteiger partial charge on any atom is 0.134 e. The second-order valence-electron chi connectivity index (χ2n) is 8.38. The van der Waals surface area contributed by atoms with Gasteiger partial charge in [-0.25, -0.2) is 0 Å². The monoisotopic (exact) mass is 302 g/mol. The Balaban J connectivity index is 1.61. The van der Waals surface area contributed by atoms with Crippen molar-refractivity contribution in [2.45, 2.75) is 32.1 Å². The van der Waals surface area contributed by atoms with Crippen molar-refractivity contribution < 1.29 is 4.74 Å². The Kier molecular flexibility index (Phi) is 2.31. The maximum absolute atomic E-state index is 5.73. The van der Waals surface area contributed by atoms with E-state index in [-0.39, 0.29) is 0 Å². The van der Waals surface area contributed by atoms with Crippen LogP contribution < -0.4 is 15.2 Å². The lowest BCUT2D eigenvalue weighted by molar-refractivity contribution is -0.0471. The summed E-state index contributed by atoms with van der Waals surface area (Å²) in [4.78, 5) is 0. The van der Waals surface area contributed by atoms with E-state index >= 15 is 0 Å². The van der Waals surface area contributed by atoms with Gasteiger partial charge in [-0.05, 0) is 84.8 Å². The predicted octanol–water partition coefficient (Wildman–Crippen LogP) is 3.62. The van der Waals surface area contributed by atoms with Gasteiger partial charge in [0.05, 0.1) is 6.26 Å². The molecule has 1 aromatic carbocycles. The van der Waals surface area contributed by atoms with Gasteiger partial charge in [0.25, 0.3) is 0 Å². The van der Waals surface area contributed by atoms with Crippen molar-refractivity contribution >= 4 is 18.2 Å². The lowest BCUT2D eigenvalue weighted by atomic mass is 9.45. The van der Waals surface area contributed by atoms with Gasteiger partial charge in [-0.3, -0.25) is 0 Å². The topological polar surface area (TPSA) is 9.23 Å². The van der Waals surface area contributed by atoms with E-state index in [9.17, 15) is 0 Å². The molecule has 0 N–H and O–H groups in total. The van der Waals surface area contributed by atoms with Gasteiger partial charge in [0.2, 0.25) is 0 Å². The zero-order valence-corrected chi connectivity index (χ0v) is 13.4. The summed E-state index contributed by atoms with van der Waals surface area (Å²) in [5.41, 5.74) is 1.68. The van der Waals surface area contributed by atoms with Crippen LogP contribution >= 0.6 is 0 Å². The summed E-state index contributed by atoms with van der Waals surface area (Å²) in [5, 5.41) is 2.70. The molecule has 7 rings (SSSR count). The van der Waals surface area contributed by atoms with Crippen LogP contribution in [0.15, 0.2) is 30.5 Å². The first-order chi connectivity index (χ1) is 11.3. The standard InChI is InChI=1S/C22H22O/c1-2-19-20-13-22(6-5-16(20)3-4-21(19)23-7-1)17-9-14-8-15(11-17)12-18(22)10-14/h1-7,13-15,17-18H,8-12H2. The molecule has 1 nitrogen and oxygen atoms in total. The van der Waals surface area contributed by atoms with Gasteiger partial charge in [0.15, 0.2) is 0 Å². The Morgan fingerprint density at radius 3 is 2.48 bits per heavy atom. The Bertz CT molecular complexity index is 842. The molecule has 0 amide bonds. The summed E-state index contributed by atoms with van der Waals surface area (Å²) >= 11 is 0. The van der Waals surface area contributed by atoms with Crippen molar-refractivity contribution in [3.63, 3.8) is 0 Å². The van der Waals surface area contributed by atoms with E-state index < -0.39 is 0 Å². The van der Waals surface area contributed by atoms with Gasteiger partial charge in [0.1, 0.15) is 5.75 Å². The molecule has 4 saturated carbocycles. The van der Waals surface area contributed by atoms with Crippen LogP contribution in [-0.4, -0.2) is 0 Å². The molecule has 116 valence electrons. The third kappa shape index (κ3) is 1.58.